The molecule has 3 rings (SSSR count). The first-order valence-electron chi connectivity index (χ1n) is 8.24. The Labute approximate surface area is 151 Å². The third-order valence-electron chi connectivity index (χ3n) is 4.16. The molecule has 26 heavy (non-hydrogen) atoms. The molecule has 1 aliphatic rings. The van der Waals surface area contributed by atoms with E-state index in [-0.39, 0.29) is 23.5 Å². The zero-order chi connectivity index (χ0) is 18.7. The molecule has 1 heterocycles. The molecule has 1 aliphatic carbocycles. The Morgan fingerprint density at radius 2 is 1.88 bits per heavy atom. The van der Waals surface area contributed by atoms with Crippen molar-refractivity contribution in [1.29, 1.82) is 0 Å². The molecule has 1 saturated carbocycles. The molecule has 0 spiro atoms. The van der Waals surface area contributed by atoms with Crippen LogP contribution in [0.1, 0.15) is 24.5 Å². The molecule has 140 valence electrons. The summed E-state index contributed by atoms with van der Waals surface area (Å²) in [6.45, 7) is 0.212. The van der Waals surface area contributed by atoms with Crippen molar-refractivity contribution in [3.05, 3.63) is 46.4 Å². The van der Waals surface area contributed by atoms with Crippen molar-refractivity contribution in [3.63, 3.8) is 0 Å². The van der Waals surface area contributed by atoms with Crippen LogP contribution in [0, 0.1) is 0 Å². The van der Waals surface area contributed by atoms with E-state index in [0.29, 0.717) is 17.4 Å². The number of ether oxygens (including phenoxy) is 2. The van der Waals surface area contributed by atoms with Gasteiger partial charge in [-0.3, -0.25) is 4.79 Å². The average Bonchev–Trinajstić information content (AvgIpc) is 3.47. The van der Waals surface area contributed by atoms with Gasteiger partial charge < -0.3 is 9.47 Å². The largest absolute Gasteiger partial charge is 0.493 e. The van der Waals surface area contributed by atoms with Crippen LogP contribution in [-0.2, 0) is 16.6 Å². The van der Waals surface area contributed by atoms with Gasteiger partial charge in [0.1, 0.15) is 0 Å². The summed E-state index contributed by atoms with van der Waals surface area (Å²) < 4.78 is 38.9. The Hall–Kier alpha value is -2.39. The maximum absolute atomic E-state index is 12.4. The zero-order valence-corrected chi connectivity index (χ0v) is 15.5. The molecule has 0 unspecified atom stereocenters. The number of aromatic nitrogens is 2. The summed E-state index contributed by atoms with van der Waals surface area (Å²) in [5.41, 5.74) is 0.632. The highest BCUT2D eigenvalue weighted by molar-refractivity contribution is 7.89. The van der Waals surface area contributed by atoms with E-state index >= 15 is 0 Å². The highest BCUT2D eigenvalue weighted by atomic mass is 32.2. The van der Waals surface area contributed by atoms with E-state index in [2.05, 4.69) is 9.82 Å². The fourth-order valence-corrected chi connectivity index (χ4v) is 3.61. The van der Waals surface area contributed by atoms with Crippen molar-refractivity contribution >= 4 is 10.0 Å². The lowest BCUT2D eigenvalue weighted by molar-refractivity contribution is 0.354. The van der Waals surface area contributed by atoms with Gasteiger partial charge in [-0.1, -0.05) is 0 Å². The van der Waals surface area contributed by atoms with Crippen LogP contribution in [-0.4, -0.2) is 39.0 Å². The quantitative estimate of drug-likeness (QED) is 0.738. The zero-order valence-electron chi connectivity index (χ0n) is 14.6. The first-order chi connectivity index (χ1) is 12.4. The van der Waals surface area contributed by atoms with Crippen molar-refractivity contribution in [1.82, 2.24) is 14.5 Å². The number of hydrogen-bond donors (Lipinski definition) is 1. The Morgan fingerprint density at radius 1 is 1.15 bits per heavy atom. The Kier molecular flexibility index (Phi) is 5.28. The predicted octanol–water partition coefficient (Wildman–Crippen LogP) is 1.12. The average molecular weight is 379 g/mol. The number of benzene rings is 1. The van der Waals surface area contributed by atoms with Gasteiger partial charge in [0.05, 0.1) is 31.4 Å². The third kappa shape index (κ3) is 4.05. The molecule has 0 amide bonds. The van der Waals surface area contributed by atoms with Crippen molar-refractivity contribution in [2.45, 2.75) is 30.2 Å². The first-order valence-corrected chi connectivity index (χ1v) is 9.72. The Morgan fingerprint density at radius 3 is 2.54 bits per heavy atom. The van der Waals surface area contributed by atoms with Crippen LogP contribution in [0.4, 0.5) is 0 Å². The molecular weight excluding hydrogens is 358 g/mol. The molecule has 1 fully saturated rings. The number of nitrogens with one attached hydrogen (secondary N) is 1. The molecule has 1 aromatic carbocycles. The number of nitrogens with zero attached hydrogens (tertiary/aromatic N) is 2. The van der Waals surface area contributed by atoms with Crippen LogP contribution in [0.5, 0.6) is 11.5 Å². The van der Waals surface area contributed by atoms with Crippen LogP contribution in [0.15, 0.2) is 40.0 Å². The van der Waals surface area contributed by atoms with Crippen LogP contribution in [0.3, 0.4) is 0 Å². The first kappa shape index (κ1) is 18.4. The van der Waals surface area contributed by atoms with Gasteiger partial charge in [-0.25, -0.2) is 17.8 Å². The van der Waals surface area contributed by atoms with Crippen molar-refractivity contribution in [3.8, 4) is 11.5 Å². The van der Waals surface area contributed by atoms with Crippen LogP contribution in [0.25, 0.3) is 0 Å². The number of hydrogen-bond acceptors (Lipinski definition) is 6. The molecular formula is C17H21N3O5S. The molecule has 0 aliphatic heterocycles. The SMILES string of the molecule is COc1ccc(S(=O)(=O)NCCn2nc(C3CC3)ccc2=O)cc1OC. The van der Waals surface area contributed by atoms with E-state index in [4.69, 9.17) is 9.47 Å². The van der Waals surface area contributed by atoms with Gasteiger partial charge in [0.25, 0.3) is 5.56 Å². The summed E-state index contributed by atoms with van der Waals surface area (Å²) in [6, 6.07) is 7.56. The summed E-state index contributed by atoms with van der Waals surface area (Å²) >= 11 is 0. The lowest BCUT2D eigenvalue weighted by atomic mass is 10.3. The van der Waals surface area contributed by atoms with E-state index in [1.165, 1.54) is 43.2 Å². The summed E-state index contributed by atoms with van der Waals surface area (Å²) in [4.78, 5) is 11.9. The maximum atomic E-state index is 12.4. The summed E-state index contributed by atoms with van der Waals surface area (Å²) in [5, 5.41) is 4.31. The third-order valence-corrected chi connectivity index (χ3v) is 5.62. The fourth-order valence-electron chi connectivity index (χ4n) is 2.57. The molecule has 8 nitrogen and oxygen atoms in total. The van der Waals surface area contributed by atoms with E-state index in [9.17, 15) is 13.2 Å². The number of rotatable bonds is 8. The fraction of sp³-hybridized carbons (Fsp3) is 0.412. The van der Waals surface area contributed by atoms with Gasteiger partial charge in [-0.05, 0) is 31.0 Å². The Bertz CT molecular complexity index is 951. The van der Waals surface area contributed by atoms with Crippen LogP contribution >= 0.6 is 0 Å². The minimum atomic E-state index is -3.74. The van der Waals surface area contributed by atoms with E-state index < -0.39 is 10.0 Å². The van der Waals surface area contributed by atoms with Crippen molar-refractivity contribution in [2.24, 2.45) is 0 Å². The minimum Gasteiger partial charge on any atom is -0.493 e. The van der Waals surface area contributed by atoms with Gasteiger partial charge in [0, 0.05) is 24.6 Å². The van der Waals surface area contributed by atoms with Gasteiger partial charge >= 0.3 is 0 Å². The summed E-state index contributed by atoms with van der Waals surface area (Å²) in [5.74, 6) is 1.19. The van der Waals surface area contributed by atoms with Gasteiger partial charge in [0.15, 0.2) is 11.5 Å². The van der Waals surface area contributed by atoms with E-state index in [1.807, 2.05) is 0 Å². The van der Waals surface area contributed by atoms with Crippen molar-refractivity contribution in [2.75, 3.05) is 20.8 Å². The molecule has 1 N–H and O–H groups in total. The monoisotopic (exact) mass is 379 g/mol. The molecule has 9 heteroatoms. The Balaban J connectivity index is 1.69. The molecule has 0 bridgehead atoms. The standard InChI is InChI=1S/C17H21N3O5S/c1-24-15-7-5-13(11-16(15)25-2)26(22,23)18-9-10-20-17(21)8-6-14(19-20)12-3-4-12/h5-8,11-12,18H,3-4,9-10H2,1-2H3. The number of methoxy groups -OCH3 is 2. The lowest BCUT2D eigenvalue weighted by Crippen LogP contribution is -2.32. The summed E-state index contributed by atoms with van der Waals surface area (Å²) in [7, 11) is -0.830. The molecule has 2 aromatic rings. The summed E-state index contributed by atoms with van der Waals surface area (Å²) in [6.07, 6.45) is 2.16. The number of sulfonamides is 1. The minimum absolute atomic E-state index is 0.0533. The maximum Gasteiger partial charge on any atom is 0.266 e. The van der Waals surface area contributed by atoms with Crippen LogP contribution in [0.2, 0.25) is 0 Å². The lowest BCUT2D eigenvalue weighted by Gasteiger charge is -2.11. The molecule has 1 aromatic heterocycles. The molecule has 0 saturated heterocycles. The second kappa shape index (κ2) is 7.46. The van der Waals surface area contributed by atoms with Crippen molar-refractivity contribution < 1.29 is 17.9 Å². The smallest absolute Gasteiger partial charge is 0.266 e. The van der Waals surface area contributed by atoms with E-state index in [1.54, 1.807) is 6.07 Å². The van der Waals surface area contributed by atoms with Crippen LogP contribution < -0.4 is 19.8 Å². The second-order valence-corrected chi connectivity index (χ2v) is 7.78. The van der Waals surface area contributed by atoms with E-state index in [0.717, 1.165) is 18.5 Å². The highest BCUT2D eigenvalue weighted by Crippen LogP contribution is 2.38. The van der Waals surface area contributed by atoms with Gasteiger partial charge in [0.2, 0.25) is 10.0 Å². The second-order valence-electron chi connectivity index (χ2n) is 6.01. The van der Waals surface area contributed by atoms with Gasteiger partial charge in [-0.15, -0.1) is 0 Å². The topological polar surface area (TPSA) is 99.5 Å². The highest BCUT2D eigenvalue weighted by Gasteiger charge is 2.25. The molecule has 0 radical (unpaired) electrons. The van der Waals surface area contributed by atoms with Gasteiger partial charge in [-0.2, -0.15) is 5.10 Å². The predicted molar refractivity (Wildman–Crippen MR) is 95.2 cm³/mol. The normalized spacial score (nSPS) is 14.2. The molecule has 0 atom stereocenters.